The quantitative estimate of drug-likeness (QED) is 0.518. The average Bonchev–Trinajstić information content (AvgIpc) is 2.87. The van der Waals surface area contributed by atoms with Gasteiger partial charge in [0, 0.05) is 12.6 Å². The van der Waals surface area contributed by atoms with E-state index in [0.717, 1.165) is 44.7 Å². The number of nitrogens with one attached hydrogen (secondary N) is 1. The van der Waals surface area contributed by atoms with Crippen molar-refractivity contribution in [2.24, 2.45) is 5.92 Å². The zero-order valence-corrected chi connectivity index (χ0v) is 13.6. The molecule has 0 bridgehead atoms. The van der Waals surface area contributed by atoms with E-state index in [1.807, 2.05) is 0 Å². The zero-order valence-electron chi connectivity index (χ0n) is 13.6. The molecule has 20 heavy (non-hydrogen) atoms. The van der Waals surface area contributed by atoms with Gasteiger partial charge in [-0.3, -0.25) is 4.68 Å². The molecule has 0 aliphatic rings. The molecule has 1 aromatic rings. The maximum Gasteiger partial charge on any atom is 0.0662 e. The summed E-state index contributed by atoms with van der Waals surface area (Å²) in [7, 11) is 0. The Balaban J connectivity index is 2.24. The summed E-state index contributed by atoms with van der Waals surface area (Å²) in [4.78, 5) is 0. The fraction of sp³-hybridized carbons (Fsp3) is 0.706. The number of rotatable bonds is 10. The van der Waals surface area contributed by atoms with Gasteiger partial charge in [0.2, 0.25) is 0 Å². The Morgan fingerprint density at radius 1 is 1.25 bits per heavy atom. The van der Waals surface area contributed by atoms with E-state index in [4.69, 9.17) is 0 Å². The van der Waals surface area contributed by atoms with Crippen molar-refractivity contribution in [2.45, 2.75) is 59.4 Å². The second kappa shape index (κ2) is 9.76. The molecule has 0 spiro atoms. The lowest BCUT2D eigenvalue weighted by Crippen LogP contribution is -2.20. The Morgan fingerprint density at radius 2 is 2.00 bits per heavy atom. The molecule has 0 aliphatic carbocycles. The van der Waals surface area contributed by atoms with E-state index in [1.54, 1.807) is 0 Å². The lowest BCUT2D eigenvalue weighted by Gasteiger charge is -2.12. The van der Waals surface area contributed by atoms with Gasteiger partial charge in [0.15, 0.2) is 0 Å². The first kappa shape index (κ1) is 17.0. The maximum absolute atomic E-state index is 4.66. The Labute approximate surface area is 124 Å². The highest BCUT2D eigenvalue weighted by molar-refractivity contribution is 5.05. The van der Waals surface area contributed by atoms with Crippen LogP contribution in [0.25, 0.3) is 0 Å². The number of hydrogen-bond donors (Lipinski definition) is 1. The molecule has 114 valence electrons. The summed E-state index contributed by atoms with van der Waals surface area (Å²) in [5, 5.41) is 8.11. The van der Waals surface area contributed by atoms with Gasteiger partial charge in [0.25, 0.3) is 0 Å². The minimum atomic E-state index is 0.549. The van der Waals surface area contributed by atoms with Crippen molar-refractivity contribution < 1.29 is 0 Å². The smallest absolute Gasteiger partial charge is 0.0662 e. The summed E-state index contributed by atoms with van der Waals surface area (Å²) in [5.74, 6) is 0.730. The van der Waals surface area contributed by atoms with Crippen LogP contribution in [0.1, 0.15) is 58.7 Å². The van der Waals surface area contributed by atoms with Gasteiger partial charge in [0.1, 0.15) is 0 Å². The predicted molar refractivity (Wildman–Crippen MR) is 87.0 cm³/mol. The Kier molecular flexibility index (Phi) is 8.28. The topological polar surface area (TPSA) is 29.9 Å². The monoisotopic (exact) mass is 277 g/mol. The normalized spacial score (nSPS) is 12.1. The van der Waals surface area contributed by atoms with Crippen LogP contribution in [0.15, 0.2) is 24.4 Å². The first-order valence-corrected chi connectivity index (χ1v) is 8.07. The van der Waals surface area contributed by atoms with Crippen LogP contribution in [0.3, 0.4) is 0 Å². The molecule has 1 aromatic heterocycles. The van der Waals surface area contributed by atoms with Crippen LogP contribution >= 0.6 is 0 Å². The van der Waals surface area contributed by atoms with E-state index in [9.17, 15) is 0 Å². The van der Waals surface area contributed by atoms with Crippen molar-refractivity contribution in [1.82, 2.24) is 15.1 Å². The first-order valence-electron chi connectivity index (χ1n) is 8.07. The molecular formula is C17H31N3. The third-order valence-electron chi connectivity index (χ3n) is 3.51. The van der Waals surface area contributed by atoms with Crippen molar-refractivity contribution in [2.75, 3.05) is 13.1 Å². The van der Waals surface area contributed by atoms with Crippen molar-refractivity contribution in [3.8, 4) is 0 Å². The Bertz CT molecular complexity index is 375. The van der Waals surface area contributed by atoms with Gasteiger partial charge in [-0.1, -0.05) is 39.8 Å². The Morgan fingerprint density at radius 3 is 2.65 bits per heavy atom. The third-order valence-corrected chi connectivity index (χ3v) is 3.51. The number of allylic oxidation sites excluding steroid dienone is 1. The van der Waals surface area contributed by atoms with Gasteiger partial charge in [-0.25, -0.2) is 0 Å². The highest BCUT2D eigenvalue weighted by Crippen LogP contribution is 2.14. The van der Waals surface area contributed by atoms with Crippen LogP contribution in [0.2, 0.25) is 0 Å². The van der Waals surface area contributed by atoms with Gasteiger partial charge in [-0.05, 0) is 44.3 Å². The SMILES string of the molecule is CCC(CC)n1ccc(CC=CCCNCC(C)C)n1. The third kappa shape index (κ3) is 6.38. The lowest BCUT2D eigenvalue weighted by molar-refractivity contribution is 0.426. The van der Waals surface area contributed by atoms with Gasteiger partial charge in [0.05, 0.1) is 11.7 Å². The summed E-state index contributed by atoms with van der Waals surface area (Å²) in [6.45, 7) is 11.1. The Hall–Kier alpha value is -1.09. The van der Waals surface area contributed by atoms with Crippen LogP contribution < -0.4 is 5.32 Å². The standard InChI is InChI=1S/C17H31N3/c1-5-17(6-2)20-13-11-16(19-20)10-8-7-9-12-18-14-15(3)4/h7-8,11,13,15,17-18H,5-6,9-10,12,14H2,1-4H3. The van der Waals surface area contributed by atoms with E-state index >= 15 is 0 Å². The minimum Gasteiger partial charge on any atom is -0.316 e. The van der Waals surface area contributed by atoms with Crippen LogP contribution in [0, 0.1) is 5.92 Å². The van der Waals surface area contributed by atoms with E-state index in [1.165, 1.54) is 5.69 Å². The molecule has 3 nitrogen and oxygen atoms in total. The van der Waals surface area contributed by atoms with Crippen LogP contribution in [-0.4, -0.2) is 22.9 Å². The van der Waals surface area contributed by atoms with E-state index in [0.29, 0.717) is 6.04 Å². The van der Waals surface area contributed by atoms with Crippen LogP contribution in [-0.2, 0) is 6.42 Å². The fourth-order valence-corrected chi connectivity index (χ4v) is 2.25. The number of hydrogen-bond acceptors (Lipinski definition) is 2. The van der Waals surface area contributed by atoms with Crippen molar-refractivity contribution in [3.05, 3.63) is 30.1 Å². The molecule has 3 heteroatoms. The molecular weight excluding hydrogens is 246 g/mol. The molecule has 0 atom stereocenters. The molecule has 0 saturated heterocycles. The van der Waals surface area contributed by atoms with Crippen LogP contribution in [0.5, 0.6) is 0 Å². The van der Waals surface area contributed by atoms with Crippen molar-refractivity contribution in [1.29, 1.82) is 0 Å². The first-order chi connectivity index (χ1) is 9.67. The van der Waals surface area contributed by atoms with E-state index < -0.39 is 0 Å². The van der Waals surface area contributed by atoms with Crippen LogP contribution in [0.4, 0.5) is 0 Å². The molecule has 1 rings (SSSR count). The lowest BCUT2D eigenvalue weighted by atomic mass is 10.2. The highest BCUT2D eigenvalue weighted by Gasteiger charge is 2.06. The van der Waals surface area contributed by atoms with Crippen molar-refractivity contribution in [3.63, 3.8) is 0 Å². The number of aromatic nitrogens is 2. The van der Waals surface area contributed by atoms with Gasteiger partial charge in [-0.15, -0.1) is 0 Å². The van der Waals surface area contributed by atoms with Gasteiger partial charge < -0.3 is 5.32 Å². The molecule has 0 fully saturated rings. The number of nitrogens with zero attached hydrogens (tertiary/aromatic N) is 2. The summed E-state index contributed by atoms with van der Waals surface area (Å²) >= 11 is 0. The largest absolute Gasteiger partial charge is 0.316 e. The summed E-state index contributed by atoms with van der Waals surface area (Å²) in [6, 6.07) is 2.69. The zero-order chi connectivity index (χ0) is 14.8. The predicted octanol–water partition coefficient (Wildman–Crippen LogP) is 3.98. The second-order valence-electron chi connectivity index (χ2n) is 5.82. The summed E-state index contributed by atoms with van der Waals surface area (Å²) in [6.07, 6.45) is 10.9. The maximum atomic E-state index is 4.66. The molecule has 0 unspecified atom stereocenters. The minimum absolute atomic E-state index is 0.549. The van der Waals surface area contributed by atoms with E-state index in [2.05, 4.69) is 67.2 Å². The molecule has 1 heterocycles. The van der Waals surface area contributed by atoms with Gasteiger partial charge >= 0.3 is 0 Å². The second-order valence-corrected chi connectivity index (χ2v) is 5.82. The van der Waals surface area contributed by atoms with Crippen molar-refractivity contribution >= 4 is 0 Å². The highest BCUT2D eigenvalue weighted by atomic mass is 15.3. The molecule has 0 amide bonds. The molecule has 0 aliphatic heterocycles. The molecule has 0 aromatic carbocycles. The van der Waals surface area contributed by atoms with Gasteiger partial charge in [-0.2, -0.15) is 5.10 Å². The molecule has 1 N–H and O–H groups in total. The summed E-state index contributed by atoms with van der Waals surface area (Å²) < 4.78 is 2.12. The fourth-order valence-electron chi connectivity index (χ4n) is 2.25. The summed E-state index contributed by atoms with van der Waals surface area (Å²) in [5.41, 5.74) is 1.17. The molecule has 0 radical (unpaired) electrons. The molecule has 0 saturated carbocycles. The average molecular weight is 277 g/mol. The van der Waals surface area contributed by atoms with E-state index in [-0.39, 0.29) is 0 Å².